The summed E-state index contributed by atoms with van der Waals surface area (Å²) >= 11 is 0. The first-order valence-corrected chi connectivity index (χ1v) is 6.72. The molecule has 0 aromatic rings. The predicted octanol–water partition coefficient (Wildman–Crippen LogP) is 2.17. The lowest BCUT2D eigenvalue weighted by molar-refractivity contribution is -0.0662. The highest BCUT2D eigenvalue weighted by Crippen LogP contribution is 2.26. The Bertz CT molecular complexity index is 239. The van der Waals surface area contributed by atoms with E-state index in [0.717, 1.165) is 26.2 Å². The summed E-state index contributed by atoms with van der Waals surface area (Å²) in [7, 11) is 0. The lowest BCUT2D eigenvalue weighted by atomic mass is 9.82. The van der Waals surface area contributed by atoms with Gasteiger partial charge in [-0.1, -0.05) is 20.8 Å². The normalized spacial score (nSPS) is 20.1. The van der Waals surface area contributed by atoms with Gasteiger partial charge in [0.05, 0.1) is 12.2 Å². The average Bonchev–Trinajstić information content (AvgIpc) is 2.05. The third-order valence-electron chi connectivity index (χ3n) is 3.13. The number of hydrogen-bond acceptors (Lipinski definition) is 3. The van der Waals surface area contributed by atoms with Crippen LogP contribution in [0, 0.1) is 5.41 Å². The van der Waals surface area contributed by atoms with E-state index in [4.69, 9.17) is 4.74 Å². The Morgan fingerprint density at radius 3 is 2.18 bits per heavy atom. The Morgan fingerprint density at radius 1 is 1.18 bits per heavy atom. The van der Waals surface area contributed by atoms with Crippen molar-refractivity contribution >= 4 is 0 Å². The zero-order valence-corrected chi connectivity index (χ0v) is 12.4. The molecule has 0 aromatic heterocycles. The van der Waals surface area contributed by atoms with Crippen molar-refractivity contribution in [3.05, 3.63) is 0 Å². The monoisotopic (exact) mass is 242 g/mol. The fraction of sp³-hybridized carbons (Fsp3) is 1.00. The predicted molar refractivity (Wildman–Crippen MR) is 73.4 cm³/mol. The molecule has 0 unspecified atom stereocenters. The number of hydrogen-bond donors (Lipinski definition) is 2. The van der Waals surface area contributed by atoms with Crippen LogP contribution in [0.3, 0.4) is 0 Å². The second-order valence-electron chi connectivity index (χ2n) is 7.45. The summed E-state index contributed by atoms with van der Waals surface area (Å²) < 4.78 is 5.87. The van der Waals surface area contributed by atoms with Crippen LogP contribution >= 0.6 is 0 Å². The van der Waals surface area contributed by atoms with Crippen molar-refractivity contribution in [1.29, 1.82) is 0 Å². The van der Waals surface area contributed by atoms with Crippen molar-refractivity contribution in [3.63, 3.8) is 0 Å². The van der Waals surface area contributed by atoms with Gasteiger partial charge in [0.2, 0.25) is 0 Å². The van der Waals surface area contributed by atoms with E-state index in [1.807, 2.05) is 0 Å². The molecule has 0 aromatic carbocycles. The Balaban J connectivity index is 2.16. The molecule has 102 valence electrons. The standard InChI is InChI=1S/C14H30N2O/c1-12(2,3)9-13(4,5)16-7-8-17-14(6)10-15-11-14/h15-16H,7-11H2,1-6H3. The molecule has 1 aliphatic heterocycles. The third-order valence-corrected chi connectivity index (χ3v) is 3.13. The summed E-state index contributed by atoms with van der Waals surface area (Å²) in [5.74, 6) is 0. The molecule has 0 amide bonds. The Labute approximate surface area is 107 Å². The minimum Gasteiger partial charge on any atom is -0.371 e. The first-order valence-electron chi connectivity index (χ1n) is 6.72. The van der Waals surface area contributed by atoms with Crippen molar-refractivity contribution in [2.45, 2.75) is 59.1 Å². The summed E-state index contributed by atoms with van der Waals surface area (Å²) in [5, 5.41) is 6.84. The van der Waals surface area contributed by atoms with Crippen LogP contribution in [0.5, 0.6) is 0 Å². The molecular weight excluding hydrogens is 212 g/mol. The first kappa shape index (κ1) is 14.9. The molecule has 1 aliphatic rings. The van der Waals surface area contributed by atoms with Gasteiger partial charge in [0.15, 0.2) is 0 Å². The van der Waals surface area contributed by atoms with Gasteiger partial charge in [-0.05, 0) is 32.6 Å². The molecule has 3 heteroatoms. The summed E-state index contributed by atoms with van der Waals surface area (Å²) in [5.41, 5.74) is 0.622. The van der Waals surface area contributed by atoms with Crippen molar-refractivity contribution in [2.24, 2.45) is 5.41 Å². The summed E-state index contributed by atoms with van der Waals surface area (Å²) in [6, 6.07) is 0. The van der Waals surface area contributed by atoms with Crippen molar-refractivity contribution < 1.29 is 4.74 Å². The van der Waals surface area contributed by atoms with E-state index in [2.05, 4.69) is 52.2 Å². The zero-order valence-electron chi connectivity index (χ0n) is 12.4. The molecule has 1 rings (SSSR count). The van der Waals surface area contributed by atoms with Gasteiger partial charge in [-0.15, -0.1) is 0 Å². The van der Waals surface area contributed by atoms with E-state index < -0.39 is 0 Å². The van der Waals surface area contributed by atoms with Gasteiger partial charge >= 0.3 is 0 Å². The van der Waals surface area contributed by atoms with Crippen LogP contribution in [0.25, 0.3) is 0 Å². The van der Waals surface area contributed by atoms with Crippen LogP contribution in [0.4, 0.5) is 0 Å². The van der Waals surface area contributed by atoms with Gasteiger partial charge in [0.1, 0.15) is 0 Å². The SMILES string of the molecule is CC(C)(C)CC(C)(C)NCCOC1(C)CNC1. The fourth-order valence-electron chi connectivity index (χ4n) is 2.65. The van der Waals surface area contributed by atoms with E-state index >= 15 is 0 Å². The smallest absolute Gasteiger partial charge is 0.0902 e. The molecule has 0 radical (unpaired) electrons. The van der Waals surface area contributed by atoms with E-state index in [1.165, 1.54) is 6.42 Å². The molecule has 2 N–H and O–H groups in total. The van der Waals surface area contributed by atoms with Crippen LogP contribution in [-0.4, -0.2) is 37.4 Å². The molecule has 17 heavy (non-hydrogen) atoms. The lowest BCUT2D eigenvalue weighted by Gasteiger charge is -2.39. The van der Waals surface area contributed by atoms with Crippen LogP contribution in [-0.2, 0) is 4.74 Å². The van der Waals surface area contributed by atoms with E-state index in [9.17, 15) is 0 Å². The van der Waals surface area contributed by atoms with Gasteiger partial charge in [-0.25, -0.2) is 0 Å². The largest absolute Gasteiger partial charge is 0.371 e. The lowest BCUT2D eigenvalue weighted by Crippen LogP contribution is -2.59. The molecule has 1 fully saturated rings. The average molecular weight is 242 g/mol. The Morgan fingerprint density at radius 2 is 1.76 bits per heavy atom. The number of ether oxygens (including phenoxy) is 1. The maximum absolute atomic E-state index is 5.87. The molecule has 0 atom stereocenters. The number of nitrogens with one attached hydrogen (secondary N) is 2. The third kappa shape index (κ3) is 5.84. The molecule has 3 nitrogen and oxygen atoms in total. The van der Waals surface area contributed by atoms with Crippen LogP contribution in [0.1, 0.15) is 48.0 Å². The maximum atomic E-state index is 5.87. The summed E-state index contributed by atoms with van der Waals surface area (Å²) in [6.07, 6.45) is 1.17. The molecule has 0 spiro atoms. The van der Waals surface area contributed by atoms with Gasteiger partial charge in [0.25, 0.3) is 0 Å². The molecule has 0 saturated carbocycles. The van der Waals surface area contributed by atoms with Crippen LogP contribution in [0.2, 0.25) is 0 Å². The van der Waals surface area contributed by atoms with E-state index in [1.54, 1.807) is 0 Å². The highest BCUT2D eigenvalue weighted by atomic mass is 16.5. The van der Waals surface area contributed by atoms with Crippen LogP contribution < -0.4 is 10.6 Å². The Kier molecular flexibility index (Phi) is 4.61. The van der Waals surface area contributed by atoms with Gasteiger partial charge in [0, 0.05) is 25.2 Å². The molecule has 0 bridgehead atoms. The highest BCUT2D eigenvalue weighted by Gasteiger charge is 2.32. The second kappa shape index (κ2) is 5.25. The highest BCUT2D eigenvalue weighted by molar-refractivity contribution is 4.90. The number of rotatable bonds is 6. The fourth-order valence-corrected chi connectivity index (χ4v) is 2.65. The molecule has 0 aliphatic carbocycles. The minimum absolute atomic E-state index is 0.0792. The quantitative estimate of drug-likeness (QED) is 0.700. The van der Waals surface area contributed by atoms with Gasteiger partial charge in [-0.2, -0.15) is 0 Å². The van der Waals surface area contributed by atoms with Gasteiger partial charge < -0.3 is 15.4 Å². The Hall–Kier alpha value is -0.120. The zero-order chi connectivity index (χ0) is 13.2. The molecular formula is C14H30N2O. The molecule has 1 heterocycles. The molecule has 1 saturated heterocycles. The first-order chi connectivity index (χ1) is 7.62. The topological polar surface area (TPSA) is 33.3 Å². The minimum atomic E-state index is 0.0792. The van der Waals surface area contributed by atoms with Crippen molar-refractivity contribution in [1.82, 2.24) is 10.6 Å². The summed E-state index contributed by atoms with van der Waals surface area (Å²) in [4.78, 5) is 0. The maximum Gasteiger partial charge on any atom is 0.0902 e. The summed E-state index contributed by atoms with van der Waals surface area (Å²) in [6.45, 7) is 17.3. The van der Waals surface area contributed by atoms with E-state index in [-0.39, 0.29) is 11.1 Å². The van der Waals surface area contributed by atoms with Gasteiger partial charge in [-0.3, -0.25) is 0 Å². The van der Waals surface area contributed by atoms with Crippen molar-refractivity contribution in [3.8, 4) is 0 Å². The second-order valence-corrected chi connectivity index (χ2v) is 7.45. The van der Waals surface area contributed by atoms with E-state index in [0.29, 0.717) is 5.41 Å². The van der Waals surface area contributed by atoms with Crippen molar-refractivity contribution in [2.75, 3.05) is 26.2 Å². The van der Waals surface area contributed by atoms with Crippen LogP contribution in [0.15, 0.2) is 0 Å².